The molecule has 57 heavy (non-hydrogen) atoms. The van der Waals surface area contributed by atoms with E-state index in [1.807, 2.05) is 36.7 Å². The molecule has 0 aliphatic carbocycles. The number of fused-ring (bicyclic) bond motifs is 6. The lowest BCUT2D eigenvalue weighted by Crippen LogP contribution is -2.03. The van der Waals surface area contributed by atoms with E-state index in [0.717, 1.165) is 84.1 Å². The highest BCUT2D eigenvalue weighted by Crippen LogP contribution is 2.43. The first-order valence-corrected chi connectivity index (χ1v) is 19.5. The SMILES string of the molecule is COc1cc(-c2nccc3c4ccccc4n(CCCCCCCn4c5ccccc5c5ccnc(-c6cc(OC)c(OC)c(OC)c6)c54)c23)cc(CO)c1CO. The number of pyridine rings is 2. The molecular formula is C47H48N4O6. The number of ether oxygens (including phenoxy) is 4. The fourth-order valence-electron chi connectivity index (χ4n) is 8.52. The molecule has 0 aliphatic rings. The molecule has 10 heteroatoms. The Balaban J connectivity index is 1.03. The zero-order valence-electron chi connectivity index (χ0n) is 32.9. The quantitative estimate of drug-likeness (QED) is 0.0936. The Labute approximate surface area is 331 Å². The Morgan fingerprint density at radius 2 is 0.982 bits per heavy atom. The van der Waals surface area contributed by atoms with Crippen LogP contribution in [0.25, 0.3) is 66.1 Å². The Morgan fingerprint density at radius 1 is 0.509 bits per heavy atom. The Hall–Kier alpha value is -6.10. The molecule has 0 saturated carbocycles. The van der Waals surface area contributed by atoms with Crippen LogP contribution in [0, 0.1) is 0 Å². The third-order valence-electron chi connectivity index (χ3n) is 11.2. The standard InChI is InChI=1S/C47H48N4O6/c1-54-40-25-30(24-32(28-52)37(40)29-53)43-45-35(18-20-48-43)33-14-8-10-16-38(33)50(45)22-12-6-5-7-13-23-51-39-17-11-9-15-34(39)36-19-21-49-44(46(36)51)31-26-41(55-2)47(57-4)42(27-31)56-3/h8-11,14-21,24-27,52-53H,5-7,12-13,22-23,28-29H2,1-4H3. The average Bonchev–Trinajstić information content (AvgIpc) is 3.77. The van der Waals surface area contributed by atoms with Crippen LogP contribution < -0.4 is 18.9 Å². The molecule has 4 heterocycles. The second-order valence-electron chi connectivity index (χ2n) is 14.3. The Bertz CT molecular complexity index is 2480. The van der Waals surface area contributed by atoms with Gasteiger partial charge in [0.25, 0.3) is 0 Å². The predicted octanol–water partition coefficient (Wildman–Crippen LogP) is 9.70. The molecular weight excluding hydrogens is 717 g/mol. The number of hydrogen-bond donors (Lipinski definition) is 2. The second-order valence-corrected chi connectivity index (χ2v) is 14.3. The highest BCUT2D eigenvalue weighted by Gasteiger charge is 2.21. The number of para-hydroxylation sites is 2. The molecule has 0 unspecified atom stereocenters. The van der Waals surface area contributed by atoms with Crippen LogP contribution in [0.4, 0.5) is 0 Å². The van der Waals surface area contributed by atoms with E-state index in [1.54, 1.807) is 28.4 Å². The van der Waals surface area contributed by atoms with Crippen molar-refractivity contribution in [1.29, 1.82) is 0 Å². The molecule has 8 aromatic rings. The lowest BCUT2D eigenvalue weighted by atomic mass is 10.00. The summed E-state index contributed by atoms with van der Waals surface area (Å²) in [6.45, 7) is 1.28. The second kappa shape index (κ2) is 16.6. The number of unbranched alkanes of at least 4 members (excludes halogenated alkanes) is 4. The molecule has 8 rings (SSSR count). The van der Waals surface area contributed by atoms with Gasteiger partial charge >= 0.3 is 0 Å². The van der Waals surface area contributed by atoms with Crippen molar-refractivity contribution in [3.05, 3.63) is 108 Å². The molecule has 0 radical (unpaired) electrons. The highest BCUT2D eigenvalue weighted by molar-refractivity contribution is 6.13. The van der Waals surface area contributed by atoms with E-state index in [9.17, 15) is 10.2 Å². The van der Waals surface area contributed by atoms with Crippen molar-refractivity contribution in [3.8, 4) is 45.5 Å². The summed E-state index contributed by atoms with van der Waals surface area (Å²) in [5, 5.41) is 24.9. The first-order valence-electron chi connectivity index (χ1n) is 19.5. The van der Waals surface area contributed by atoms with E-state index >= 15 is 0 Å². The van der Waals surface area contributed by atoms with Crippen LogP contribution in [0.2, 0.25) is 0 Å². The molecule has 0 amide bonds. The molecule has 2 N–H and O–H groups in total. The van der Waals surface area contributed by atoms with Crippen LogP contribution in [-0.2, 0) is 26.3 Å². The van der Waals surface area contributed by atoms with Crippen molar-refractivity contribution in [2.45, 2.75) is 58.4 Å². The van der Waals surface area contributed by atoms with Gasteiger partial charge in [-0.3, -0.25) is 9.97 Å². The minimum absolute atomic E-state index is 0.207. The van der Waals surface area contributed by atoms with E-state index in [0.29, 0.717) is 34.1 Å². The zero-order chi connectivity index (χ0) is 39.5. The topological polar surface area (TPSA) is 113 Å². The maximum absolute atomic E-state index is 10.2. The molecule has 10 nitrogen and oxygen atoms in total. The Kier molecular flexibility index (Phi) is 11.0. The van der Waals surface area contributed by atoms with Gasteiger partial charge in [0.1, 0.15) is 5.75 Å². The van der Waals surface area contributed by atoms with Gasteiger partial charge in [0.15, 0.2) is 11.5 Å². The lowest BCUT2D eigenvalue weighted by molar-refractivity contribution is 0.254. The van der Waals surface area contributed by atoms with Gasteiger partial charge in [-0.2, -0.15) is 0 Å². The molecule has 4 aromatic carbocycles. The molecule has 0 saturated heterocycles. The van der Waals surface area contributed by atoms with Crippen LogP contribution in [-0.4, -0.2) is 57.8 Å². The number of rotatable bonds is 16. The number of methoxy groups -OCH3 is 4. The molecule has 0 aliphatic heterocycles. The Morgan fingerprint density at radius 3 is 1.46 bits per heavy atom. The molecule has 292 valence electrons. The van der Waals surface area contributed by atoms with Crippen molar-refractivity contribution in [2.24, 2.45) is 0 Å². The maximum atomic E-state index is 10.2. The van der Waals surface area contributed by atoms with Crippen LogP contribution in [0.3, 0.4) is 0 Å². The molecule has 0 atom stereocenters. The maximum Gasteiger partial charge on any atom is 0.203 e. The lowest BCUT2D eigenvalue weighted by Gasteiger charge is -2.15. The largest absolute Gasteiger partial charge is 0.496 e. The fraction of sp³-hybridized carbons (Fsp3) is 0.277. The molecule has 4 aromatic heterocycles. The summed E-state index contributed by atoms with van der Waals surface area (Å²) in [5.74, 6) is 2.27. The monoisotopic (exact) mass is 764 g/mol. The minimum Gasteiger partial charge on any atom is -0.496 e. The number of aliphatic hydroxyl groups is 2. The van der Waals surface area contributed by atoms with Crippen LogP contribution >= 0.6 is 0 Å². The normalized spacial score (nSPS) is 11.6. The van der Waals surface area contributed by atoms with E-state index in [-0.39, 0.29) is 13.2 Å². The summed E-state index contributed by atoms with van der Waals surface area (Å²) in [4.78, 5) is 9.80. The van der Waals surface area contributed by atoms with E-state index in [1.165, 1.54) is 27.2 Å². The van der Waals surface area contributed by atoms with Crippen molar-refractivity contribution in [3.63, 3.8) is 0 Å². The van der Waals surface area contributed by atoms with Gasteiger partial charge in [0.05, 0.1) is 64.1 Å². The smallest absolute Gasteiger partial charge is 0.203 e. The van der Waals surface area contributed by atoms with Crippen molar-refractivity contribution in [2.75, 3.05) is 28.4 Å². The van der Waals surface area contributed by atoms with Crippen LogP contribution in [0.1, 0.15) is 43.2 Å². The van der Waals surface area contributed by atoms with Gasteiger partial charge in [-0.25, -0.2) is 0 Å². The van der Waals surface area contributed by atoms with Gasteiger partial charge in [0, 0.05) is 74.8 Å². The van der Waals surface area contributed by atoms with Crippen LogP contribution in [0.15, 0.2) is 97.3 Å². The van der Waals surface area contributed by atoms with Crippen molar-refractivity contribution in [1.82, 2.24) is 19.1 Å². The summed E-state index contributed by atoms with van der Waals surface area (Å²) in [6.07, 6.45) is 9.06. The highest BCUT2D eigenvalue weighted by atomic mass is 16.5. The first kappa shape index (κ1) is 37.8. The third-order valence-corrected chi connectivity index (χ3v) is 11.2. The summed E-state index contributed by atoms with van der Waals surface area (Å²) in [6, 6.07) is 29.1. The predicted molar refractivity (Wildman–Crippen MR) is 226 cm³/mol. The minimum atomic E-state index is -0.219. The van der Waals surface area contributed by atoms with Crippen molar-refractivity contribution < 1.29 is 29.2 Å². The number of benzene rings is 4. The summed E-state index contributed by atoms with van der Waals surface area (Å²) in [7, 11) is 6.46. The third kappa shape index (κ3) is 6.79. The molecule has 0 fully saturated rings. The number of hydrogen-bond acceptors (Lipinski definition) is 8. The van der Waals surface area contributed by atoms with Crippen LogP contribution in [0.5, 0.6) is 23.0 Å². The first-order chi connectivity index (χ1) is 28.0. The van der Waals surface area contributed by atoms with Crippen molar-refractivity contribution >= 4 is 43.6 Å². The summed E-state index contributed by atoms with van der Waals surface area (Å²) >= 11 is 0. The van der Waals surface area contributed by atoms with E-state index in [2.05, 4.69) is 69.8 Å². The van der Waals surface area contributed by atoms with Gasteiger partial charge < -0.3 is 38.3 Å². The zero-order valence-corrected chi connectivity index (χ0v) is 32.9. The average molecular weight is 765 g/mol. The number of aromatic nitrogens is 4. The number of aliphatic hydroxyl groups excluding tert-OH is 2. The molecule has 0 spiro atoms. The number of nitrogens with zero attached hydrogens (tertiary/aromatic N) is 4. The van der Waals surface area contributed by atoms with E-state index in [4.69, 9.17) is 28.9 Å². The van der Waals surface area contributed by atoms with Gasteiger partial charge in [-0.05, 0) is 66.9 Å². The number of aryl methyl sites for hydroxylation is 2. The van der Waals surface area contributed by atoms with Gasteiger partial charge in [0.2, 0.25) is 5.75 Å². The fourth-order valence-corrected chi connectivity index (χ4v) is 8.52. The molecule has 0 bridgehead atoms. The summed E-state index contributed by atoms with van der Waals surface area (Å²) in [5.41, 5.74) is 9.18. The van der Waals surface area contributed by atoms with Gasteiger partial charge in [-0.1, -0.05) is 55.7 Å². The summed E-state index contributed by atoms with van der Waals surface area (Å²) < 4.78 is 27.5. The van der Waals surface area contributed by atoms with E-state index < -0.39 is 0 Å². The van der Waals surface area contributed by atoms with Gasteiger partial charge in [-0.15, -0.1) is 0 Å².